The standard InChI is InChI=1S/C59H43NO/c1-4-18-41(19-5-1)58-48-26-11-10-17-40(48)32-36-55(58)60(47-33-35-52-51-28-13-15-30-56(51)61-57(52)39-47)46-25-16-20-42(37-46)43-31-34-50-49-27-12-14-29-53(49)59(54(50)38-43,44-21-6-2-7-22-44)45-23-8-3-9-24-45/h2-4,6-16,18-40H,1,5,17H2. The maximum Gasteiger partial charge on any atom is 0.137 e. The fourth-order valence-corrected chi connectivity index (χ4v) is 10.6. The smallest absolute Gasteiger partial charge is 0.137 e. The van der Waals surface area contributed by atoms with Crippen LogP contribution in [0.1, 0.15) is 41.5 Å². The highest BCUT2D eigenvalue weighted by Gasteiger charge is 2.46. The number of rotatable bonds is 7. The molecule has 0 amide bonds. The minimum absolute atomic E-state index is 0.344. The zero-order valence-electron chi connectivity index (χ0n) is 33.8. The van der Waals surface area contributed by atoms with E-state index in [1.807, 2.05) is 6.07 Å². The first-order valence-electron chi connectivity index (χ1n) is 21.6. The Bertz CT molecular complexity index is 3180. The van der Waals surface area contributed by atoms with Gasteiger partial charge < -0.3 is 9.32 Å². The third kappa shape index (κ3) is 5.63. The van der Waals surface area contributed by atoms with Gasteiger partial charge in [0, 0.05) is 39.7 Å². The summed E-state index contributed by atoms with van der Waals surface area (Å²) in [7, 11) is 0. The summed E-state index contributed by atoms with van der Waals surface area (Å²) in [5.41, 5.74) is 18.7. The van der Waals surface area contributed by atoms with Gasteiger partial charge in [0.15, 0.2) is 0 Å². The summed E-state index contributed by atoms with van der Waals surface area (Å²) < 4.78 is 6.55. The Labute approximate surface area is 357 Å². The predicted octanol–water partition coefficient (Wildman–Crippen LogP) is 15.4. The van der Waals surface area contributed by atoms with Crippen molar-refractivity contribution in [2.75, 3.05) is 4.90 Å². The van der Waals surface area contributed by atoms with Gasteiger partial charge in [-0.05, 0) is 117 Å². The molecule has 0 fully saturated rings. The Morgan fingerprint density at radius 2 is 1.28 bits per heavy atom. The summed E-state index contributed by atoms with van der Waals surface area (Å²) in [6.07, 6.45) is 21.8. The molecule has 0 aliphatic heterocycles. The Balaban J connectivity index is 1.07. The van der Waals surface area contributed by atoms with Gasteiger partial charge in [-0.3, -0.25) is 0 Å². The van der Waals surface area contributed by atoms with Crippen molar-refractivity contribution in [2.45, 2.75) is 24.7 Å². The highest BCUT2D eigenvalue weighted by molar-refractivity contribution is 6.06. The lowest BCUT2D eigenvalue weighted by molar-refractivity contribution is 0.669. The average Bonchev–Trinajstić information content (AvgIpc) is 3.85. The van der Waals surface area contributed by atoms with Crippen molar-refractivity contribution < 1.29 is 4.42 Å². The number of furan rings is 1. The Kier molecular flexibility index (Phi) is 8.38. The Hall–Kier alpha value is -7.42. The molecule has 4 aliphatic rings. The fraction of sp³-hybridized carbons (Fsp3) is 0.0847. The monoisotopic (exact) mass is 781 g/mol. The van der Waals surface area contributed by atoms with E-state index in [9.17, 15) is 0 Å². The van der Waals surface area contributed by atoms with Crippen molar-refractivity contribution in [2.24, 2.45) is 5.92 Å². The van der Waals surface area contributed by atoms with Gasteiger partial charge in [-0.1, -0.05) is 170 Å². The molecule has 2 nitrogen and oxygen atoms in total. The van der Waals surface area contributed by atoms with E-state index in [2.05, 4.69) is 217 Å². The van der Waals surface area contributed by atoms with E-state index >= 15 is 0 Å². The summed E-state index contributed by atoms with van der Waals surface area (Å²) in [5.74, 6) is 0.344. The highest BCUT2D eigenvalue weighted by Crippen LogP contribution is 2.57. The minimum atomic E-state index is -0.470. The number of anilines is 2. The molecular formula is C59H43NO. The van der Waals surface area contributed by atoms with E-state index in [0.29, 0.717) is 5.92 Å². The van der Waals surface area contributed by atoms with Crippen LogP contribution in [0.25, 0.3) is 44.2 Å². The molecule has 8 aromatic rings. The molecule has 0 N–H and O–H groups in total. The van der Waals surface area contributed by atoms with Gasteiger partial charge in [-0.15, -0.1) is 0 Å². The van der Waals surface area contributed by atoms with E-state index in [1.165, 1.54) is 61.4 Å². The van der Waals surface area contributed by atoms with E-state index in [1.54, 1.807) is 0 Å². The van der Waals surface area contributed by atoms with Crippen LogP contribution < -0.4 is 4.90 Å². The van der Waals surface area contributed by atoms with Gasteiger partial charge in [-0.25, -0.2) is 0 Å². The van der Waals surface area contributed by atoms with Crippen molar-refractivity contribution in [3.05, 3.63) is 263 Å². The summed E-state index contributed by atoms with van der Waals surface area (Å²) in [5, 5.41) is 2.26. The van der Waals surface area contributed by atoms with Crippen LogP contribution in [0.4, 0.5) is 11.4 Å². The molecule has 0 saturated heterocycles. The highest BCUT2D eigenvalue weighted by atomic mass is 16.3. The molecule has 61 heavy (non-hydrogen) atoms. The number of para-hydroxylation sites is 1. The van der Waals surface area contributed by atoms with Gasteiger partial charge in [-0.2, -0.15) is 0 Å². The molecule has 1 atom stereocenters. The van der Waals surface area contributed by atoms with Gasteiger partial charge in [0.1, 0.15) is 11.2 Å². The molecule has 2 heteroatoms. The predicted molar refractivity (Wildman–Crippen MR) is 253 cm³/mol. The van der Waals surface area contributed by atoms with Crippen LogP contribution in [0.15, 0.2) is 245 Å². The minimum Gasteiger partial charge on any atom is -0.456 e. The number of hydrogen-bond donors (Lipinski definition) is 0. The normalized spacial score (nSPS) is 17.2. The Morgan fingerprint density at radius 1 is 0.541 bits per heavy atom. The molecule has 1 heterocycles. The molecule has 0 bridgehead atoms. The third-order valence-corrected chi connectivity index (χ3v) is 13.3. The molecule has 12 rings (SSSR count). The average molecular weight is 782 g/mol. The molecule has 0 spiro atoms. The first-order chi connectivity index (χ1) is 30.3. The van der Waals surface area contributed by atoms with Crippen molar-refractivity contribution in [3.63, 3.8) is 0 Å². The maximum atomic E-state index is 6.55. The first-order valence-corrected chi connectivity index (χ1v) is 21.6. The number of benzene rings is 7. The summed E-state index contributed by atoms with van der Waals surface area (Å²) >= 11 is 0. The third-order valence-electron chi connectivity index (χ3n) is 13.3. The quantitative estimate of drug-likeness (QED) is 0.160. The lowest BCUT2D eigenvalue weighted by Crippen LogP contribution is -2.28. The van der Waals surface area contributed by atoms with E-state index < -0.39 is 5.41 Å². The topological polar surface area (TPSA) is 16.4 Å². The summed E-state index contributed by atoms with van der Waals surface area (Å²) in [6, 6.07) is 62.4. The molecule has 290 valence electrons. The molecule has 1 aromatic heterocycles. The molecular weight excluding hydrogens is 739 g/mol. The van der Waals surface area contributed by atoms with Crippen LogP contribution >= 0.6 is 0 Å². The second-order valence-electron chi connectivity index (χ2n) is 16.6. The maximum absolute atomic E-state index is 6.55. The molecule has 1 unspecified atom stereocenters. The van der Waals surface area contributed by atoms with Gasteiger partial charge >= 0.3 is 0 Å². The van der Waals surface area contributed by atoms with E-state index in [4.69, 9.17) is 4.42 Å². The van der Waals surface area contributed by atoms with Crippen molar-refractivity contribution in [1.29, 1.82) is 0 Å². The number of hydrogen-bond acceptors (Lipinski definition) is 2. The van der Waals surface area contributed by atoms with Crippen LogP contribution in [0, 0.1) is 5.92 Å². The molecule has 4 aliphatic carbocycles. The van der Waals surface area contributed by atoms with E-state index in [0.717, 1.165) is 58.1 Å². The number of fused-ring (bicyclic) bond motifs is 7. The SMILES string of the molecule is C1=CCC2C=CC(N(c3cccc(-c4ccc5c(c4)C(c4ccccc4)(c4ccccc4)c4ccccc4-5)c3)c3ccc4c(c3)oc3ccccc34)=C(C3=CCCC=C3)C2=C1. The summed E-state index contributed by atoms with van der Waals surface area (Å²) in [4.78, 5) is 2.46. The van der Waals surface area contributed by atoms with Crippen molar-refractivity contribution in [3.8, 4) is 22.3 Å². The second-order valence-corrected chi connectivity index (χ2v) is 16.6. The zero-order chi connectivity index (χ0) is 40.3. The van der Waals surface area contributed by atoms with Gasteiger partial charge in [0.25, 0.3) is 0 Å². The zero-order valence-corrected chi connectivity index (χ0v) is 33.8. The molecule has 0 radical (unpaired) electrons. The lowest BCUT2D eigenvalue weighted by Gasteiger charge is -2.35. The van der Waals surface area contributed by atoms with Crippen LogP contribution in [0.2, 0.25) is 0 Å². The van der Waals surface area contributed by atoms with Crippen molar-refractivity contribution in [1.82, 2.24) is 0 Å². The number of allylic oxidation sites excluding steroid dienone is 11. The van der Waals surface area contributed by atoms with Gasteiger partial charge in [0.05, 0.1) is 11.1 Å². The first kappa shape index (κ1) is 35.5. The van der Waals surface area contributed by atoms with Crippen LogP contribution in [-0.4, -0.2) is 0 Å². The van der Waals surface area contributed by atoms with Gasteiger partial charge in [0.2, 0.25) is 0 Å². The molecule has 0 saturated carbocycles. The second kappa shape index (κ2) is 14.4. The fourth-order valence-electron chi connectivity index (χ4n) is 10.6. The Morgan fingerprint density at radius 3 is 2.11 bits per heavy atom. The van der Waals surface area contributed by atoms with Crippen LogP contribution in [-0.2, 0) is 5.41 Å². The summed E-state index contributed by atoms with van der Waals surface area (Å²) in [6.45, 7) is 0. The van der Waals surface area contributed by atoms with Crippen LogP contribution in [0.3, 0.4) is 0 Å². The lowest BCUT2D eigenvalue weighted by atomic mass is 9.67. The van der Waals surface area contributed by atoms with Crippen LogP contribution in [0.5, 0.6) is 0 Å². The molecule has 7 aromatic carbocycles. The number of nitrogens with zero attached hydrogens (tertiary/aromatic N) is 1. The van der Waals surface area contributed by atoms with E-state index in [-0.39, 0.29) is 0 Å². The van der Waals surface area contributed by atoms with Crippen molar-refractivity contribution >= 4 is 33.3 Å². The largest absolute Gasteiger partial charge is 0.456 e.